The number of aryl methyl sites for hydroxylation is 1. The van der Waals surface area contributed by atoms with Gasteiger partial charge < -0.3 is 17.4 Å². The molecule has 4 heteroatoms. The maximum absolute atomic E-state index is 5.42. The Morgan fingerprint density at radius 3 is 2.85 bits per heavy atom. The van der Waals surface area contributed by atoms with Gasteiger partial charge in [-0.2, -0.15) is 0 Å². The number of aromatic nitrogens is 1. The van der Waals surface area contributed by atoms with Gasteiger partial charge in [-0.15, -0.1) is 0 Å². The summed E-state index contributed by atoms with van der Waals surface area (Å²) in [5.41, 5.74) is 6.50. The van der Waals surface area contributed by atoms with Crippen LogP contribution in [-0.4, -0.2) is 17.6 Å². The second-order valence-corrected chi connectivity index (χ2v) is 2.77. The molecule has 0 amide bonds. The Labute approximate surface area is 104 Å². The van der Waals surface area contributed by atoms with E-state index >= 15 is 0 Å². The van der Waals surface area contributed by atoms with E-state index in [4.69, 9.17) is 10.5 Å². The van der Waals surface area contributed by atoms with E-state index in [2.05, 4.69) is 11.9 Å². The van der Waals surface area contributed by atoms with E-state index < -0.39 is 0 Å². The first kappa shape index (κ1) is 13.0. The molecular formula is C9H13N2OY-. The second-order valence-electron chi connectivity index (χ2n) is 2.77. The van der Waals surface area contributed by atoms with Gasteiger partial charge in [0.2, 0.25) is 0 Å². The summed E-state index contributed by atoms with van der Waals surface area (Å²) in [6.45, 7) is 5.99. The Morgan fingerprint density at radius 1 is 1.62 bits per heavy atom. The number of hydrogen-bond acceptors (Lipinski definition) is 3. The van der Waals surface area contributed by atoms with Crippen molar-refractivity contribution in [2.45, 2.75) is 13.0 Å². The quantitative estimate of drug-likeness (QED) is 0.816. The van der Waals surface area contributed by atoms with Crippen molar-refractivity contribution in [1.82, 2.24) is 4.98 Å². The molecule has 0 spiro atoms. The van der Waals surface area contributed by atoms with E-state index in [9.17, 15) is 0 Å². The minimum atomic E-state index is -0.189. The van der Waals surface area contributed by atoms with Crippen molar-refractivity contribution in [3.05, 3.63) is 30.9 Å². The third-order valence-corrected chi connectivity index (χ3v) is 1.31. The van der Waals surface area contributed by atoms with Crippen molar-refractivity contribution < 1.29 is 37.4 Å². The molecule has 2 N–H and O–H groups in total. The smallest absolute Gasteiger partial charge is 0.137 e. The zero-order chi connectivity index (χ0) is 8.97. The summed E-state index contributed by atoms with van der Waals surface area (Å²) in [7, 11) is 0. The average Bonchev–Trinajstić information content (AvgIpc) is 2.01. The van der Waals surface area contributed by atoms with Crippen LogP contribution in [0.2, 0.25) is 0 Å². The zero-order valence-corrected chi connectivity index (χ0v) is 10.6. The molecule has 1 unspecified atom stereocenters. The van der Waals surface area contributed by atoms with Gasteiger partial charge in [-0.05, 0) is 18.6 Å². The molecule has 3 nitrogen and oxygen atoms in total. The Kier molecular flexibility index (Phi) is 6.47. The van der Waals surface area contributed by atoms with Crippen LogP contribution in [0, 0.1) is 13.8 Å². The number of pyridine rings is 1. The van der Waals surface area contributed by atoms with Crippen LogP contribution in [0.1, 0.15) is 5.56 Å². The molecule has 1 aromatic heterocycles. The van der Waals surface area contributed by atoms with Crippen molar-refractivity contribution in [2.24, 2.45) is 5.73 Å². The zero-order valence-electron chi connectivity index (χ0n) is 7.73. The summed E-state index contributed by atoms with van der Waals surface area (Å²) in [5, 5.41) is 0. The molecule has 13 heavy (non-hydrogen) atoms. The van der Waals surface area contributed by atoms with Crippen LogP contribution in [0.3, 0.4) is 0 Å². The fourth-order valence-corrected chi connectivity index (χ4v) is 0.809. The van der Waals surface area contributed by atoms with Crippen molar-refractivity contribution in [3.8, 4) is 5.75 Å². The van der Waals surface area contributed by atoms with Crippen LogP contribution in [0.25, 0.3) is 0 Å². The first-order valence-electron chi connectivity index (χ1n) is 3.81. The molecular weight excluding hydrogens is 241 g/mol. The Balaban J connectivity index is 0.00000144. The molecule has 0 fully saturated rings. The fraction of sp³-hybridized carbons (Fsp3) is 0.333. The van der Waals surface area contributed by atoms with Crippen molar-refractivity contribution in [3.63, 3.8) is 0 Å². The van der Waals surface area contributed by atoms with Gasteiger partial charge in [0.05, 0.1) is 12.8 Å². The van der Waals surface area contributed by atoms with Gasteiger partial charge in [0.1, 0.15) is 5.75 Å². The second kappa shape index (κ2) is 6.47. The monoisotopic (exact) mass is 254 g/mol. The van der Waals surface area contributed by atoms with E-state index in [-0.39, 0.29) is 38.8 Å². The molecule has 0 aliphatic heterocycles. The summed E-state index contributed by atoms with van der Waals surface area (Å²) in [6, 6.07) is 1.72. The van der Waals surface area contributed by atoms with Crippen LogP contribution in [0.15, 0.2) is 18.5 Å². The third-order valence-electron chi connectivity index (χ3n) is 1.31. The summed E-state index contributed by atoms with van der Waals surface area (Å²) in [4.78, 5) is 3.98. The largest absolute Gasteiger partial charge is 0.493 e. The third kappa shape index (κ3) is 5.34. The minimum absolute atomic E-state index is 0. The topological polar surface area (TPSA) is 48.1 Å². The average molecular weight is 254 g/mol. The molecule has 0 aliphatic rings. The van der Waals surface area contributed by atoms with Crippen molar-refractivity contribution in [2.75, 3.05) is 6.61 Å². The number of ether oxygens (including phenoxy) is 1. The van der Waals surface area contributed by atoms with Crippen molar-refractivity contribution >= 4 is 0 Å². The van der Waals surface area contributed by atoms with Crippen LogP contribution in [0.5, 0.6) is 5.75 Å². The van der Waals surface area contributed by atoms with E-state index in [1.165, 1.54) is 0 Å². The van der Waals surface area contributed by atoms with Crippen LogP contribution in [-0.2, 0) is 32.7 Å². The van der Waals surface area contributed by atoms with Crippen LogP contribution < -0.4 is 10.5 Å². The standard InChI is InChI=1S/C9H13N2O.Y/c1-7-3-9(5-11-4-7)12-6-8(2)10;/h3-5,8H,2,6,10H2,1H3;/q-1;. The van der Waals surface area contributed by atoms with Crippen LogP contribution >= 0.6 is 0 Å². The number of hydrogen-bond donors (Lipinski definition) is 1. The normalized spacial score (nSPS) is 11.6. The van der Waals surface area contributed by atoms with Gasteiger partial charge in [0.25, 0.3) is 0 Å². The molecule has 0 aliphatic carbocycles. The molecule has 0 bridgehead atoms. The fourth-order valence-electron chi connectivity index (χ4n) is 0.809. The molecule has 69 valence electrons. The Bertz CT molecular complexity index is 253. The molecule has 1 aromatic rings. The van der Waals surface area contributed by atoms with E-state index in [0.29, 0.717) is 6.61 Å². The Morgan fingerprint density at radius 2 is 2.31 bits per heavy atom. The Hall–Kier alpha value is 0.0139. The predicted molar refractivity (Wildman–Crippen MR) is 47.8 cm³/mol. The minimum Gasteiger partial charge on any atom is -0.493 e. The summed E-state index contributed by atoms with van der Waals surface area (Å²) in [5.74, 6) is 0.745. The molecule has 0 saturated carbocycles. The van der Waals surface area contributed by atoms with E-state index in [1.54, 1.807) is 12.4 Å². The number of nitrogens with two attached hydrogens (primary N) is 1. The van der Waals surface area contributed by atoms with Gasteiger partial charge in [0.15, 0.2) is 0 Å². The van der Waals surface area contributed by atoms with E-state index in [1.807, 2.05) is 13.0 Å². The first-order chi connectivity index (χ1) is 5.68. The van der Waals surface area contributed by atoms with Gasteiger partial charge in [-0.1, -0.05) is 6.04 Å². The summed E-state index contributed by atoms with van der Waals surface area (Å²) >= 11 is 0. The van der Waals surface area contributed by atoms with Gasteiger partial charge in [-0.3, -0.25) is 4.98 Å². The molecule has 1 rings (SSSR count). The molecule has 1 heterocycles. The van der Waals surface area contributed by atoms with Crippen molar-refractivity contribution in [1.29, 1.82) is 0 Å². The van der Waals surface area contributed by atoms with E-state index in [0.717, 1.165) is 11.3 Å². The van der Waals surface area contributed by atoms with Gasteiger partial charge in [0, 0.05) is 38.9 Å². The molecule has 1 radical (unpaired) electrons. The van der Waals surface area contributed by atoms with Crippen LogP contribution in [0.4, 0.5) is 0 Å². The SMILES string of the molecule is [CH2-]C(N)COc1cncc(C)c1.[Y]. The van der Waals surface area contributed by atoms with Gasteiger partial charge in [-0.25, -0.2) is 0 Å². The summed E-state index contributed by atoms with van der Waals surface area (Å²) < 4.78 is 5.30. The maximum atomic E-state index is 5.42. The first-order valence-corrected chi connectivity index (χ1v) is 3.81. The molecule has 0 aromatic carbocycles. The van der Waals surface area contributed by atoms with Gasteiger partial charge >= 0.3 is 0 Å². The number of rotatable bonds is 3. The predicted octanol–water partition coefficient (Wildman–Crippen LogP) is 0.928. The maximum Gasteiger partial charge on any atom is 0.137 e. The number of nitrogens with zero attached hydrogens (tertiary/aromatic N) is 1. The molecule has 1 atom stereocenters. The summed E-state index contributed by atoms with van der Waals surface area (Å²) in [6.07, 6.45) is 3.44. The molecule has 0 saturated heterocycles.